The summed E-state index contributed by atoms with van der Waals surface area (Å²) >= 11 is 0. The predicted molar refractivity (Wildman–Crippen MR) is 63.8 cm³/mol. The SMILES string of the molecule is NC1=C(c2ccccc2)[C@](N)(O)[C@@H](N)C=C1. The van der Waals surface area contributed by atoms with E-state index >= 15 is 0 Å². The molecule has 0 amide bonds. The molecule has 2 rings (SSSR count). The van der Waals surface area contributed by atoms with E-state index in [4.69, 9.17) is 17.2 Å². The molecule has 16 heavy (non-hydrogen) atoms. The molecule has 0 bridgehead atoms. The maximum absolute atomic E-state index is 10.2. The second-order valence-corrected chi connectivity index (χ2v) is 3.91. The fourth-order valence-electron chi connectivity index (χ4n) is 1.84. The highest BCUT2D eigenvalue weighted by Gasteiger charge is 2.37. The summed E-state index contributed by atoms with van der Waals surface area (Å²) in [6, 6.07) is 8.62. The molecule has 84 valence electrons. The van der Waals surface area contributed by atoms with Gasteiger partial charge in [0.25, 0.3) is 0 Å². The summed E-state index contributed by atoms with van der Waals surface area (Å²) in [5.41, 5.74) is 17.5. The Morgan fingerprint density at radius 2 is 1.81 bits per heavy atom. The van der Waals surface area contributed by atoms with Crippen LogP contribution in [0.5, 0.6) is 0 Å². The minimum atomic E-state index is -1.62. The average molecular weight is 217 g/mol. The van der Waals surface area contributed by atoms with Crippen molar-refractivity contribution in [1.82, 2.24) is 0 Å². The highest BCUT2D eigenvalue weighted by atomic mass is 16.3. The normalized spacial score (nSPS) is 29.6. The minimum absolute atomic E-state index is 0.443. The molecule has 2 atom stereocenters. The quantitative estimate of drug-likeness (QED) is 0.494. The van der Waals surface area contributed by atoms with Crippen molar-refractivity contribution in [3.63, 3.8) is 0 Å². The second-order valence-electron chi connectivity index (χ2n) is 3.91. The Balaban J connectivity index is 2.57. The molecule has 7 N–H and O–H groups in total. The Hall–Kier alpha value is -1.62. The average Bonchev–Trinajstić information content (AvgIpc) is 2.25. The summed E-state index contributed by atoms with van der Waals surface area (Å²) in [7, 11) is 0. The molecule has 1 aliphatic carbocycles. The van der Waals surface area contributed by atoms with Crippen LogP contribution in [0.2, 0.25) is 0 Å². The molecule has 0 aliphatic heterocycles. The summed E-state index contributed by atoms with van der Waals surface area (Å²) in [6.45, 7) is 0. The first-order valence-electron chi connectivity index (χ1n) is 5.04. The van der Waals surface area contributed by atoms with Crippen LogP contribution in [0.4, 0.5) is 0 Å². The summed E-state index contributed by atoms with van der Waals surface area (Å²) < 4.78 is 0. The van der Waals surface area contributed by atoms with Crippen molar-refractivity contribution >= 4 is 5.57 Å². The standard InChI is InChI=1S/C12H15N3O/c13-9-6-7-10(14)12(15,16)11(9)8-4-2-1-3-5-8/h1-7,10,16H,13-15H2/t10-,12+/m0/s1. The van der Waals surface area contributed by atoms with Crippen molar-refractivity contribution in [3.05, 3.63) is 53.7 Å². The van der Waals surface area contributed by atoms with Crippen LogP contribution in [0.25, 0.3) is 5.57 Å². The molecule has 0 unspecified atom stereocenters. The number of benzene rings is 1. The van der Waals surface area contributed by atoms with E-state index < -0.39 is 11.8 Å². The van der Waals surface area contributed by atoms with Crippen molar-refractivity contribution < 1.29 is 5.11 Å². The van der Waals surface area contributed by atoms with E-state index in [-0.39, 0.29) is 0 Å². The zero-order valence-electron chi connectivity index (χ0n) is 8.80. The Bertz CT molecular complexity index is 449. The fourth-order valence-corrected chi connectivity index (χ4v) is 1.84. The summed E-state index contributed by atoms with van der Waals surface area (Å²) in [4.78, 5) is 0. The number of allylic oxidation sites excluding steroid dienone is 1. The van der Waals surface area contributed by atoms with Crippen LogP contribution in [0.15, 0.2) is 48.2 Å². The van der Waals surface area contributed by atoms with Crippen LogP contribution < -0.4 is 17.2 Å². The van der Waals surface area contributed by atoms with E-state index in [1.807, 2.05) is 30.3 Å². The highest BCUT2D eigenvalue weighted by Crippen LogP contribution is 2.31. The van der Waals surface area contributed by atoms with Gasteiger partial charge in [-0.25, -0.2) is 0 Å². The van der Waals surface area contributed by atoms with Crippen LogP contribution in [0.3, 0.4) is 0 Å². The maximum atomic E-state index is 10.2. The molecular formula is C12H15N3O. The van der Waals surface area contributed by atoms with Crippen molar-refractivity contribution in [2.24, 2.45) is 17.2 Å². The number of hydrogen-bond donors (Lipinski definition) is 4. The van der Waals surface area contributed by atoms with Crippen LogP contribution in [-0.2, 0) is 0 Å². The van der Waals surface area contributed by atoms with Crippen LogP contribution in [0, 0.1) is 0 Å². The largest absolute Gasteiger partial charge is 0.398 e. The summed E-state index contributed by atoms with van der Waals surface area (Å²) in [6.07, 6.45) is 3.27. The fraction of sp³-hybridized carbons (Fsp3) is 0.167. The summed E-state index contributed by atoms with van der Waals surface area (Å²) in [5.74, 6) is 0. The van der Waals surface area contributed by atoms with Gasteiger partial charge in [0.15, 0.2) is 5.72 Å². The smallest absolute Gasteiger partial charge is 0.161 e. The van der Waals surface area contributed by atoms with Crippen molar-refractivity contribution in [1.29, 1.82) is 0 Å². The van der Waals surface area contributed by atoms with Gasteiger partial charge in [-0.1, -0.05) is 36.4 Å². The van der Waals surface area contributed by atoms with Gasteiger partial charge in [-0.2, -0.15) is 0 Å². The monoisotopic (exact) mass is 217 g/mol. The third-order valence-electron chi connectivity index (χ3n) is 2.74. The van der Waals surface area contributed by atoms with Gasteiger partial charge in [0.2, 0.25) is 0 Å². The number of rotatable bonds is 1. The van der Waals surface area contributed by atoms with Gasteiger partial charge < -0.3 is 16.6 Å². The number of hydrogen-bond acceptors (Lipinski definition) is 4. The van der Waals surface area contributed by atoms with Crippen molar-refractivity contribution in [2.75, 3.05) is 0 Å². The van der Waals surface area contributed by atoms with E-state index in [2.05, 4.69) is 0 Å². The van der Waals surface area contributed by atoms with Gasteiger partial charge in [-0.05, 0) is 11.6 Å². The molecule has 0 aromatic heterocycles. The van der Waals surface area contributed by atoms with Crippen LogP contribution in [0.1, 0.15) is 5.56 Å². The second kappa shape index (κ2) is 3.75. The van der Waals surface area contributed by atoms with Gasteiger partial charge >= 0.3 is 0 Å². The molecule has 4 nitrogen and oxygen atoms in total. The third-order valence-corrected chi connectivity index (χ3v) is 2.74. The predicted octanol–water partition coefficient (Wildman–Crippen LogP) is -0.0992. The van der Waals surface area contributed by atoms with Gasteiger partial charge in [-0.3, -0.25) is 5.73 Å². The first kappa shape index (κ1) is 10.9. The molecule has 0 fully saturated rings. The molecular weight excluding hydrogens is 202 g/mol. The lowest BCUT2D eigenvalue weighted by molar-refractivity contribution is 0.0934. The molecule has 1 aliphatic rings. The Morgan fingerprint density at radius 1 is 1.19 bits per heavy atom. The first-order valence-corrected chi connectivity index (χ1v) is 5.04. The lowest BCUT2D eigenvalue weighted by atomic mass is 9.85. The molecule has 1 aromatic rings. The number of aliphatic hydroxyl groups is 1. The van der Waals surface area contributed by atoms with E-state index in [9.17, 15) is 5.11 Å². The molecule has 0 saturated carbocycles. The van der Waals surface area contributed by atoms with Gasteiger partial charge in [-0.15, -0.1) is 0 Å². The molecule has 1 aromatic carbocycles. The van der Waals surface area contributed by atoms with E-state index in [1.165, 1.54) is 0 Å². The Labute approximate surface area is 94.0 Å². The van der Waals surface area contributed by atoms with Gasteiger partial charge in [0.05, 0.1) is 6.04 Å². The van der Waals surface area contributed by atoms with E-state index in [0.717, 1.165) is 5.56 Å². The summed E-state index contributed by atoms with van der Waals surface area (Å²) in [5, 5.41) is 10.2. The molecule has 0 radical (unpaired) electrons. The molecule has 0 heterocycles. The molecule has 0 saturated heterocycles. The van der Waals surface area contributed by atoms with E-state index in [1.54, 1.807) is 12.2 Å². The minimum Gasteiger partial charge on any atom is -0.398 e. The van der Waals surface area contributed by atoms with Crippen molar-refractivity contribution in [3.8, 4) is 0 Å². The topological polar surface area (TPSA) is 98.3 Å². The maximum Gasteiger partial charge on any atom is 0.161 e. The Kier molecular flexibility index (Phi) is 2.55. The lowest BCUT2D eigenvalue weighted by Gasteiger charge is -2.34. The van der Waals surface area contributed by atoms with E-state index in [0.29, 0.717) is 11.3 Å². The third kappa shape index (κ3) is 1.63. The lowest BCUT2D eigenvalue weighted by Crippen LogP contribution is -2.57. The van der Waals surface area contributed by atoms with Gasteiger partial charge in [0.1, 0.15) is 0 Å². The zero-order chi connectivity index (χ0) is 11.8. The number of nitrogens with two attached hydrogens (primary N) is 3. The Morgan fingerprint density at radius 3 is 2.44 bits per heavy atom. The molecule has 4 heteroatoms. The highest BCUT2D eigenvalue weighted by molar-refractivity contribution is 5.78. The molecule has 0 spiro atoms. The van der Waals surface area contributed by atoms with Gasteiger partial charge in [0, 0.05) is 11.3 Å². The first-order chi connectivity index (χ1) is 7.53. The van der Waals surface area contributed by atoms with Crippen LogP contribution >= 0.6 is 0 Å². The van der Waals surface area contributed by atoms with Crippen molar-refractivity contribution in [2.45, 2.75) is 11.8 Å². The zero-order valence-corrected chi connectivity index (χ0v) is 8.80. The van der Waals surface area contributed by atoms with Crippen LogP contribution in [-0.4, -0.2) is 16.9 Å².